The minimum atomic E-state index is -0.550. The molecule has 1 fully saturated rings. The van der Waals surface area contributed by atoms with Gasteiger partial charge in [-0.05, 0) is 48.9 Å². The Bertz CT molecular complexity index is 1010. The fourth-order valence-electron chi connectivity index (χ4n) is 5.12. The molecular formula is C26H26O2. The molecule has 2 aliphatic heterocycles. The monoisotopic (exact) mass is 370 g/mol. The molecule has 1 aliphatic carbocycles. The minimum Gasteiger partial charge on any atom is -0.219 e. The molecule has 3 aromatic carbocycles. The summed E-state index contributed by atoms with van der Waals surface area (Å²) >= 11 is 0. The lowest BCUT2D eigenvalue weighted by Gasteiger charge is -2.56. The summed E-state index contributed by atoms with van der Waals surface area (Å²) in [5.74, 6) is 0.333. The van der Waals surface area contributed by atoms with E-state index in [9.17, 15) is 0 Å². The van der Waals surface area contributed by atoms with Crippen LogP contribution in [-0.4, -0.2) is 0 Å². The van der Waals surface area contributed by atoms with Crippen molar-refractivity contribution in [2.75, 3.05) is 0 Å². The van der Waals surface area contributed by atoms with Crippen LogP contribution < -0.4 is 0 Å². The molecule has 0 N–H and O–H groups in total. The van der Waals surface area contributed by atoms with Gasteiger partial charge in [0.1, 0.15) is 0 Å². The third-order valence-electron chi connectivity index (χ3n) is 6.68. The third kappa shape index (κ3) is 2.28. The first-order valence-electron chi connectivity index (χ1n) is 10.2. The number of hydrogen-bond donors (Lipinski definition) is 0. The van der Waals surface area contributed by atoms with Gasteiger partial charge in [-0.1, -0.05) is 90.8 Å². The van der Waals surface area contributed by atoms with Crippen LogP contribution in [0, 0.1) is 19.8 Å². The predicted molar refractivity (Wildman–Crippen MR) is 111 cm³/mol. The first kappa shape index (κ1) is 17.7. The second-order valence-corrected chi connectivity index (χ2v) is 8.32. The van der Waals surface area contributed by atoms with Gasteiger partial charge in [0, 0.05) is 5.92 Å². The van der Waals surface area contributed by atoms with Crippen molar-refractivity contribution in [1.29, 1.82) is 0 Å². The van der Waals surface area contributed by atoms with Crippen LogP contribution in [0.5, 0.6) is 0 Å². The SMILES string of the molecule is CC[C@@H]1CC2(c3ccc(C)cc3)OOC1(c1ccc(C)cc1)c1ccccc12. The average Bonchev–Trinajstić information content (AvgIpc) is 2.75. The first-order chi connectivity index (χ1) is 13.6. The van der Waals surface area contributed by atoms with Crippen molar-refractivity contribution in [1.82, 2.24) is 0 Å². The molecule has 0 saturated carbocycles. The molecule has 2 heteroatoms. The Hall–Kier alpha value is -2.42. The third-order valence-corrected chi connectivity index (χ3v) is 6.68. The number of rotatable bonds is 3. The molecule has 0 radical (unpaired) electrons. The molecule has 2 bridgehead atoms. The van der Waals surface area contributed by atoms with Gasteiger partial charge in [0.05, 0.1) is 0 Å². The Morgan fingerprint density at radius 1 is 0.750 bits per heavy atom. The highest BCUT2D eigenvalue weighted by atomic mass is 17.2. The molecular weight excluding hydrogens is 344 g/mol. The molecule has 3 aromatic rings. The molecule has 142 valence electrons. The van der Waals surface area contributed by atoms with Crippen molar-refractivity contribution >= 4 is 0 Å². The maximum atomic E-state index is 6.41. The van der Waals surface area contributed by atoms with Crippen LogP contribution in [0.3, 0.4) is 0 Å². The number of fused-ring (bicyclic) bond motifs is 2. The molecule has 0 aromatic heterocycles. The van der Waals surface area contributed by atoms with E-state index in [1.54, 1.807) is 0 Å². The van der Waals surface area contributed by atoms with E-state index in [2.05, 4.69) is 93.6 Å². The minimum absolute atomic E-state index is 0.333. The van der Waals surface area contributed by atoms with Crippen LogP contribution in [0.2, 0.25) is 0 Å². The predicted octanol–water partition coefficient (Wildman–Crippen LogP) is 6.18. The Labute approximate surface area is 167 Å². The van der Waals surface area contributed by atoms with Crippen LogP contribution in [0.1, 0.15) is 53.1 Å². The second kappa shape index (κ2) is 6.30. The molecule has 3 atom stereocenters. The molecule has 3 aliphatic rings. The van der Waals surface area contributed by atoms with E-state index in [-0.39, 0.29) is 0 Å². The number of hydrogen-bond acceptors (Lipinski definition) is 2. The molecule has 0 spiro atoms. The summed E-state index contributed by atoms with van der Waals surface area (Å²) in [6.45, 7) is 6.50. The van der Waals surface area contributed by atoms with Crippen molar-refractivity contribution in [3.63, 3.8) is 0 Å². The van der Waals surface area contributed by atoms with Gasteiger partial charge < -0.3 is 0 Å². The van der Waals surface area contributed by atoms with Gasteiger partial charge in [0.25, 0.3) is 0 Å². The van der Waals surface area contributed by atoms with Crippen molar-refractivity contribution in [3.05, 3.63) is 106 Å². The zero-order valence-electron chi connectivity index (χ0n) is 16.7. The fourth-order valence-corrected chi connectivity index (χ4v) is 5.12. The Balaban J connectivity index is 1.77. The van der Waals surface area contributed by atoms with Gasteiger partial charge in [-0.3, -0.25) is 0 Å². The van der Waals surface area contributed by atoms with Crippen molar-refractivity contribution in [2.24, 2.45) is 5.92 Å². The highest BCUT2D eigenvalue weighted by Crippen LogP contribution is 2.61. The van der Waals surface area contributed by atoms with Gasteiger partial charge in [-0.15, -0.1) is 0 Å². The highest BCUT2D eigenvalue weighted by molar-refractivity contribution is 5.53. The maximum Gasteiger partial charge on any atom is 0.157 e. The molecule has 28 heavy (non-hydrogen) atoms. The topological polar surface area (TPSA) is 18.5 Å². The van der Waals surface area contributed by atoms with Crippen LogP contribution in [0.4, 0.5) is 0 Å². The summed E-state index contributed by atoms with van der Waals surface area (Å²) in [5.41, 5.74) is 6.23. The van der Waals surface area contributed by atoms with Crippen molar-refractivity contribution < 1.29 is 9.78 Å². The molecule has 2 heterocycles. The van der Waals surface area contributed by atoms with E-state index >= 15 is 0 Å². The van der Waals surface area contributed by atoms with Gasteiger partial charge >= 0.3 is 0 Å². The normalized spacial score (nSPS) is 28.2. The summed E-state index contributed by atoms with van der Waals surface area (Å²) in [5, 5.41) is 0. The summed E-state index contributed by atoms with van der Waals surface area (Å²) in [6.07, 6.45) is 1.94. The molecule has 1 saturated heterocycles. The summed E-state index contributed by atoms with van der Waals surface area (Å²) in [4.78, 5) is 12.7. The standard InChI is InChI=1S/C26H26O2/c1-4-20-17-25(21-13-9-18(2)10-14-21)23-7-5-6-8-24(23)26(20,28-27-25)22-15-11-19(3)12-16-22/h5-16,20H,4,17H2,1-3H3/t20-,25?,26?/m1/s1. The lowest BCUT2D eigenvalue weighted by molar-refractivity contribution is -0.458. The van der Waals surface area contributed by atoms with E-state index in [1.165, 1.54) is 33.4 Å². The van der Waals surface area contributed by atoms with E-state index in [0.29, 0.717) is 5.92 Å². The zero-order valence-corrected chi connectivity index (χ0v) is 16.7. The van der Waals surface area contributed by atoms with E-state index in [4.69, 9.17) is 9.78 Å². The Morgan fingerprint density at radius 2 is 1.32 bits per heavy atom. The largest absolute Gasteiger partial charge is 0.219 e. The van der Waals surface area contributed by atoms with Gasteiger partial charge in [-0.25, -0.2) is 9.78 Å². The van der Waals surface area contributed by atoms with E-state index < -0.39 is 11.2 Å². The Morgan fingerprint density at radius 3 is 1.93 bits per heavy atom. The molecule has 2 nitrogen and oxygen atoms in total. The summed E-state index contributed by atoms with van der Waals surface area (Å²) < 4.78 is 0. The average molecular weight is 370 g/mol. The molecule has 0 amide bonds. The quantitative estimate of drug-likeness (QED) is 0.512. The van der Waals surface area contributed by atoms with Crippen molar-refractivity contribution in [3.8, 4) is 0 Å². The van der Waals surface area contributed by atoms with E-state index in [0.717, 1.165) is 12.8 Å². The molecule has 6 rings (SSSR count). The zero-order chi connectivity index (χ0) is 19.4. The molecule has 2 unspecified atom stereocenters. The van der Waals surface area contributed by atoms with Gasteiger partial charge in [-0.2, -0.15) is 0 Å². The van der Waals surface area contributed by atoms with Crippen LogP contribution in [-0.2, 0) is 21.0 Å². The first-order valence-corrected chi connectivity index (χ1v) is 10.2. The maximum absolute atomic E-state index is 6.41. The highest BCUT2D eigenvalue weighted by Gasteiger charge is 2.61. The summed E-state index contributed by atoms with van der Waals surface area (Å²) in [6, 6.07) is 26.1. The van der Waals surface area contributed by atoms with Crippen LogP contribution in [0.15, 0.2) is 72.8 Å². The fraction of sp³-hybridized carbons (Fsp3) is 0.308. The summed E-state index contributed by atoms with van der Waals surface area (Å²) in [7, 11) is 0. The lowest BCUT2D eigenvalue weighted by Crippen LogP contribution is -2.57. The van der Waals surface area contributed by atoms with E-state index in [1.807, 2.05) is 0 Å². The number of benzene rings is 3. The van der Waals surface area contributed by atoms with Crippen LogP contribution >= 0.6 is 0 Å². The van der Waals surface area contributed by atoms with Gasteiger partial charge in [0.2, 0.25) is 0 Å². The lowest BCUT2D eigenvalue weighted by atomic mass is 9.60. The number of aryl methyl sites for hydroxylation is 2. The smallest absolute Gasteiger partial charge is 0.157 e. The van der Waals surface area contributed by atoms with Gasteiger partial charge in [0.15, 0.2) is 11.2 Å². The second-order valence-electron chi connectivity index (χ2n) is 8.32. The Kier molecular flexibility index (Phi) is 3.97. The van der Waals surface area contributed by atoms with Crippen molar-refractivity contribution in [2.45, 2.75) is 44.8 Å². The van der Waals surface area contributed by atoms with Crippen LogP contribution in [0.25, 0.3) is 0 Å².